The number of carbonyl (C=O) groups is 1. The summed E-state index contributed by atoms with van der Waals surface area (Å²) in [4.78, 5) is 41.3. The van der Waals surface area contributed by atoms with Crippen molar-refractivity contribution in [3.05, 3.63) is 12.2 Å². The van der Waals surface area contributed by atoms with Crippen LogP contribution in [0.5, 0.6) is 0 Å². The van der Waals surface area contributed by atoms with E-state index in [0.717, 1.165) is 0 Å². The number of ether oxygens (including phenoxy) is 2. The number of hydrogen-bond donors (Lipinski definition) is 5. The Morgan fingerprint density at radius 1 is 1.52 bits per heavy atom. The molecule has 0 spiro atoms. The number of aliphatic hydroxyl groups excluding tert-OH is 1. The van der Waals surface area contributed by atoms with E-state index in [4.69, 9.17) is 30.1 Å². The molecule has 6 N–H and O–H groups in total. The number of fused-ring (bicyclic) bond motifs is 1. The maximum atomic E-state index is 11.2. The average molecular weight is 403 g/mol. The van der Waals surface area contributed by atoms with Gasteiger partial charge in [-0.1, -0.05) is 0 Å². The highest BCUT2D eigenvalue weighted by atomic mass is 31.2. The number of aliphatic hydroxyl groups is 1. The fourth-order valence-corrected chi connectivity index (χ4v) is 3.40. The molecule has 3 rings (SSSR count). The minimum atomic E-state index is -5.00. The Hall–Kier alpha value is -2.15. The molecule has 0 aliphatic carbocycles. The highest BCUT2D eigenvalue weighted by Gasteiger charge is 2.41. The first-order chi connectivity index (χ1) is 12.6. The highest BCUT2D eigenvalue weighted by Crippen LogP contribution is 2.42. The van der Waals surface area contributed by atoms with Crippen LogP contribution in [0.3, 0.4) is 0 Å². The maximum Gasteiger partial charge on any atom is 0.365 e. The summed E-state index contributed by atoms with van der Waals surface area (Å²) >= 11 is 0. The molecule has 2 aromatic heterocycles. The molecule has 1 fully saturated rings. The second-order valence-electron chi connectivity index (χ2n) is 6.04. The number of carboxylic acid groups (broad SMARTS) is 1. The zero-order chi connectivity index (χ0) is 19.9. The normalized spacial score (nSPS) is 24.4. The minimum absolute atomic E-state index is 0.0530. The van der Waals surface area contributed by atoms with Crippen LogP contribution in [0.4, 0.5) is 5.82 Å². The molecular formula is C13H18N5O8P. The summed E-state index contributed by atoms with van der Waals surface area (Å²) in [6.45, 7) is 1.21. The predicted octanol–water partition coefficient (Wildman–Crippen LogP) is -1.03. The van der Waals surface area contributed by atoms with Crippen LogP contribution in [0.1, 0.15) is 18.5 Å². The monoisotopic (exact) mass is 403 g/mol. The van der Waals surface area contributed by atoms with Crippen LogP contribution < -0.4 is 5.73 Å². The molecule has 0 amide bonds. The lowest BCUT2D eigenvalue weighted by molar-refractivity contribution is -0.148. The number of imidazole rings is 1. The fourth-order valence-electron chi connectivity index (χ4n) is 2.84. The van der Waals surface area contributed by atoms with Crippen molar-refractivity contribution in [3.63, 3.8) is 0 Å². The first-order valence-electron chi connectivity index (χ1n) is 7.77. The van der Waals surface area contributed by atoms with Gasteiger partial charge in [0.2, 0.25) is 0 Å². The Labute approximate surface area is 151 Å². The van der Waals surface area contributed by atoms with Crippen LogP contribution in [-0.2, 0) is 18.8 Å². The molecule has 0 bridgehead atoms. The molecule has 1 aliphatic rings. The van der Waals surface area contributed by atoms with Crippen molar-refractivity contribution < 1.29 is 38.8 Å². The van der Waals surface area contributed by atoms with Crippen LogP contribution in [-0.4, -0.2) is 70.1 Å². The summed E-state index contributed by atoms with van der Waals surface area (Å²) in [7, 11) is -5.00. The number of anilines is 1. The maximum absolute atomic E-state index is 11.2. The second kappa shape index (κ2) is 7.11. The van der Waals surface area contributed by atoms with Crippen LogP contribution in [0, 0.1) is 6.92 Å². The average Bonchev–Trinajstić information content (AvgIpc) is 3.09. The van der Waals surface area contributed by atoms with E-state index in [9.17, 15) is 14.5 Å². The third-order valence-corrected chi connectivity index (χ3v) is 4.94. The lowest BCUT2D eigenvalue weighted by Gasteiger charge is -2.19. The standard InChI is InChI=1S/C13H18N5O8P/c1-5-16-9(14)8-10(17-5)18(4-15-8)11-7(19)2-6(26-11)3-25-13(12(20)21)27(22,23)24/h4,6-7,11,13,19H,2-3H2,1H3,(H,20,21)(H2,14,16,17)(H2,22,23,24)/t6-,7+,11+,13?/m0/s1. The Morgan fingerprint density at radius 2 is 2.22 bits per heavy atom. The van der Waals surface area contributed by atoms with E-state index in [0.29, 0.717) is 17.0 Å². The smallest absolute Gasteiger partial charge is 0.365 e. The van der Waals surface area contributed by atoms with Crippen LogP contribution in [0.15, 0.2) is 6.33 Å². The number of aromatic nitrogens is 4. The number of carboxylic acids is 1. The largest absolute Gasteiger partial charge is 0.479 e. The van der Waals surface area contributed by atoms with Gasteiger partial charge in [-0.2, -0.15) is 0 Å². The van der Waals surface area contributed by atoms with Gasteiger partial charge in [-0.05, 0) is 6.92 Å². The van der Waals surface area contributed by atoms with Crippen molar-refractivity contribution in [1.29, 1.82) is 0 Å². The Kier molecular flexibility index (Phi) is 5.16. The number of rotatable bonds is 6. The number of aliphatic carboxylic acids is 1. The van der Waals surface area contributed by atoms with Crippen molar-refractivity contribution in [2.24, 2.45) is 0 Å². The number of nitrogens with zero attached hydrogens (tertiary/aromatic N) is 4. The quantitative estimate of drug-likeness (QED) is 0.367. The molecule has 1 saturated heterocycles. The lowest BCUT2D eigenvalue weighted by atomic mass is 10.2. The van der Waals surface area contributed by atoms with Crippen molar-refractivity contribution in [3.8, 4) is 0 Å². The SMILES string of the molecule is Cc1nc(N)c2ncn([C@@H]3O[C@H](COC(C(=O)O)P(=O)(O)O)C[C@H]3O)c2n1. The van der Waals surface area contributed by atoms with E-state index in [1.54, 1.807) is 6.92 Å². The molecule has 1 aliphatic heterocycles. The zero-order valence-electron chi connectivity index (χ0n) is 14.0. The first kappa shape index (κ1) is 19.6. The molecule has 0 radical (unpaired) electrons. The van der Waals surface area contributed by atoms with E-state index in [1.807, 2.05) is 0 Å². The molecule has 1 unspecified atom stereocenters. The molecule has 3 heterocycles. The zero-order valence-corrected chi connectivity index (χ0v) is 14.9. The summed E-state index contributed by atoms with van der Waals surface area (Å²) in [5.41, 5.74) is 6.49. The number of hydrogen-bond acceptors (Lipinski definition) is 9. The first-order valence-corrected chi connectivity index (χ1v) is 9.46. The highest BCUT2D eigenvalue weighted by molar-refractivity contribution is 7.53. The van der Waals surface area contributed by atoms with Gasteiger partial charge in [0.15, 0.2) is 17.7 Å². The summed E-state index contributed by atoms with van der Waals surface area (Å²) in [5, 5.41) is 19.2. The summed E-state index contributed by atoms with van der Waals surface area (Å²) in [5.74, 6) is -3.52. The third-order valence-electron chi connectivity index (χ3n) is 3.96. The van der Waals surface area contributed by atoms with Crippen LogP contribution in [0.2, 0.25) is 0 Å². The fraction of sp³-hybridized carbons (Fsp3) is 0.538. The molecule has 0 saturated carbocycles. The Morgan fingerprint density at radius 3 is 2.85 bits per heavy atom. The van der Waals surface area contributed by atoms with Gasteiger partial charge in [0.1, 0.15) is 17.4 Å². The minimum Gasteiger partial charge on any atom is -0.479 e. The molecular weight excluding hydrogens is 385 g/mol. The van der Waals surface area contributed by atoms with E-state index < -0.39 is 44.5 Å². The lowest BCUT2D eigenvalue weighted by Crippen LogP contribution is -2.28. The number of nitrogens with two attached hydrogens (primary N) is 1. The van der Waals surface area contributed by atoms with E-state index >= 15 is 0 Å². The van der Waals surface area contributed by atoms with Gasteiger partial charge in [-0.15, -0.1) is 0 Å². The number of nitrogen functional groups attached to an aromatic ring is 1. The van der Waals surface area contributed by atoms with Gasteiger partial charge in [0, 0.05) is 6.42 Å². The van der Waals surface area contributed by atoms with E-state index in [2.05, 4.69) is 15.0 Å². The van der Waals surface area contributed by atoms with Crippen molar-refractivity contribution in [2.45, 2.75) is 37.6 Å². The van der Waals surface area contributed by atoms with E-state index in [-0.39, 0.29) is 12.2 Å². The summed E-state index contributed by atoms with van der Waals surface area (Å²) < 4.78 is 23.1. The molecule has 0 aromatic carbocycles. The molecule has 14 heteroatoms. The predicted molar refractivity (Wildman–Crippen MR) is 88.4 cm³/mol. The Bertz CT molecular complexity index is 913. The third kappa shape index (κ3) is 3.93. The second-order valence-corrected chi connectivity index (χ2v) is 7.69. The van der Waals surface area contributed by atoms with Gasteiger partial charge in [0.05, 0.1) is 19.0 Å². The van der Waals surface area contributed by atoms with Gasteiger partial charge < -0.3 is 35.2 Å². The Balaban J connectivity index is 1.76. The molecule has 4 atom stereocenters. The topological polar surface area (TPSA) is 203 Å². The molecule has 13 nitrogen and oxygen atoms in total. The molecule has 2 aromatic rings. The van der Waals surface area contributed by atoms with Crippen molar-refractivity contribution in [1.82, 2.24) is 19.5 Å². The van der Waals surface area contributed by atoms with Gasteiger partial charge >= 0.3 is 13.6 Å². The van der Waals surface area contributed by atoms with Gasteiger partial charge in [-0.3, -0.25) is 9.13 Å². The van der Waals surface area contributed by atoms with Crippen LogP contribution >= 0.6 is 7.60 Å². The summed E-state index contributed by atoms with van der Waals surface area (Å²) in [6, 6.07) is 0. The van der Waals surface area contributed by atoms with Crippen molar-refractivity contribution in [2.75, 3.05) is 12.3 Å². The summed E-state index contributed by atoms with van der Waals surface area (Å²) in [6.07, 6.45) is -1.28. The van der Waals surface area contributed by atoms with Crippen LogP contribution in [0.25, 0.3) is 11.2 Å². The van der Waals surface area contributed by atoms with E-state index in [1.165, 1.54) is 10.9 Å². The number of aryl methyl sites for hydroxylation is 1. The molecule has 148 valence electrons. The van der Waals surface area contributed by atoms with Gasteiger partial charge in [-0.25, -0.2) is 19.7 Å². The molecule has 27 heavy (non-hydrogen) atoms. The van der Waals surface area contributed by atoms with Crippen molar-refractivity contribution >= 4 is 30.5 Å². The van der Waals surface area contributed by atoms with Gasteiger partial charge in [0.25, 0.3) is 5.85 Å².